The van der Waals surface area contributed by atoms with Gasteiger partial charge in [-0.15, -0.1) is 0 Å². The van der Waals surface area contributed by atoms with Crippen molar-refractivity contribution in [2.24, 2.45) is 0 Å². The molecule has 0 radical (unpaired) electrons. The summed E-state index contributed by atoms with van der Waals surface area (Å²) in [5.74, 6) is -2.04. The average Bonchev–Trinajstić information content (AvgIpc) is 3.65. The number of nitrogens with zero attached hydrogens (tertiary/aromatic N) is 4. The number of methoxy groups -OCH3 is 2. The lowest BCUT2D eigenvalue weighted by Crippen LogP contribution is -2.36. The molecular weight excluding hydrogens is 823 g/mol. The minimum absolute atomic E-state index is 0.0667. The Balaban J connectivity index is 0.000000208. The van der Waals surface area contributed by atoms with Crippen LogP contribution in [0.2, 0.25) is 0 Å². The number of sulfonamides is 2. The van der Waals surface area contributed by atoms with E-state index in [0.29, 0.717) is 43.6 Å². The van der Waals surface area contributed by atoms with Gasteiger partial charge in [-0.25, -0.2) is 26.6 Å². The van der Waals surface area contributed by atoms with Gasteiger partial charge in [0.15, 0.2) is 5.82 Å². The Bertz CT molecular complexity index is 2670. The van der Waals surface area contributed by atoms with Crippen molar-refractivity contribution < 1.29 is 50.9 Å². The van der Waals surface area contributed by atoms with Gasteiger partial charge in [0.1, 0.15) is 27.7 Å². The number of carbonyl (C=O) groups excluding carboxylic acids is 1. The molecule has 2 aliphatic heterocycles. The molecule has 4 aromatic carbocycles. The lowest BCUT2D eigenvalue weighted by Gasteiger charge is -2.31. The van der Waals surface area contributed by atoms with Crippen molar-refractivity contribution in [3.63, 3.8) is 0 Å². The number of amides is 1. The molecule has 19 heteroatoms. The highest BCUT2D eigenvalue weighted by Gasteiger charge is 2.34. The highest BCUT2D eigenvalue weighted by atomic mass is 32.2. The van der Waals surface area contributed by atoms with Crippen molar-refractivity contribution in [2.45, 2.75) is 55.7 Å². The first-order chi connectivity index (χ1) is 28.0. The number of benzene rings is 4. The predicted molar refractivity (Wildman–Crippen MR) is 220 cm³/mol. The van der Waals surface area contributed by atoms with Gasteiger partial charge in [-0.05, 0) is 110 Å². The van der Waals surface area contributed by atoms with Gasteiger partial charge in [-0.1, -0.05) is 24.3 Å². The Hall–Kier alpha value is -6.05. The van der Waals surface area contributed by atoms with E-state index >= 15 is 0 Å². The molecule has 0 bridgehead atoms. The molecular formula is C40H41N5O11S3. The van der Waals surface area contributed by atoms with Crippen LogP contribution in [0.4, 0.5) is 16.5 Å². The summed E-state index contributed by atoms with van der Waals surface area (Å²) in [5, 5.41) is 20.8. The van der Waals surface area contributed by atoms with Crippen LogP contribution < -0.4 is 23.4 Å². The summed E-state index contributed by atoms with van der Waals surface area (Å²) < 4.78 is 70.8. The molecule has 0 saturated carbocycles. The van der Waals surface area contributed by atoms with Crippen molar-refractivity contribution in [3.8, 4) is 11.5 Å². The van der Waals surface area contributed by atoms with Gasteiger partial charge in [0.25, 0.3) is 26.0 Å². The van der Waals surface area contributed by atoms with Crippen LogP contribution in [0.25, 0.3) is 0 Å². The number of hydrogen-bond acceptors (Lipinski definition) is 12. The maximum atomic E-state index is 13.6. The van der Waals surface area contributed by atoms with E-state index in [9.17, 15) is 36.3 Å². The van der Waals surface area contributed by atoms with Crippen LogP contribution in [-0.2, 0) is 44.1 Å². The second kappa shape index (κ2) is 17.4. The standard InChI is InChI=1S/C22H22N4O6S2.C18H19NO5S/c1-13-5-8-17(32-2)18(10-13)34(30,31)26-9-3-4-14-6-7-15(11-16(14)26)21(29)24-22-23-19(25-33-22)12-20(27)28;1-12-5-8-16(24-2)17(10-12)25(22,23)19-9-3-4-13-6-7-14(18(20)21)11-15(13)19/h5-8,10-11H,3-4,9,12H2,1-2H3,(H,27,28)(H,23,24,25,29);5-8,10-11H,3-4,9H2,1-2H3,(H,20,21). The van der Waals surface area contributed by atoms with E-state index in [2.05, 4.69) is 14.7 Å². The molecule has 1 aromatic heterocycles. The molecule has 0 aliphatic carbocycles. The second-order valence-corrected chi connectivity index (χ2v) is 18.1. The number of carbonyl (C=O) groups is 3. The summed E-state index contributed by atoms with van der Waals surface area (Å²) in [6, 6.07) is 19.5. The van der Waals surface area contributed by atoms with Gasteiger partial charge in [-0.3, -0.25) is 23.5 Å². The number of nitrogens with one attached hydrogen (secondary N) is 1. The minimum atomic E-state index is -3.95. The number of fused-ring (bicyclic) bond motifs is 2. The first kappa shape index (κ1) is 42.6. The first-order valence-corrected chi connectivity index (χ1v) is 21.9. The zero-order valence-electron chi connectivity index (χ0n) is 32.5. The van der Waals surface area contributed by atoms with E-state index in [1.54, 1.807) is 67.6 Å². The molecule has 2 aliphatic rings. The largest absolute Gasteiger partial charge is 0.495 e. The molecule has 7 rings (SSSR count). The SMILES string of the molecule is COc1ccc(C)cc1S(=O)(=O)N1CCCc2ccc(C(=O)Nc3nc(CC(=O)O)ns3)cc21.COc1ccc(C)cc1S(=O)(=O)N1CCCc2ccc(C(=O)O)cc21. The highest BCUT2D eigenvalue weighted by molar-refractivity contribution is 7.93. The van der Waals surface area contributed by atoms with Crippen molar-refractivity contribution in [2.75, 3.05) is 41.2 Å². The van der Waals surface area contributed by atoms with Crippen LogP contribution in [0.3, 0.4) is 0 Å². The lowest BCUT2D eigenvalue weighted by atomic mass is 10.0. The van der Waals surface area contributed by atoms with Crippen LogP contribution >= 0.6 is 11.5 Å². The van der Waals surface area contributed by atoms with Crippen molar-refractivity contribution in [1.82, 2.24) is 9.36 Å². The predicted octanol–water partition coefficient (Wildman–Crippen LogP) is 5.72. The lowest BCUT2D eigenvalue weighted by molar-refractivity contribution is -0.136. The van der Waals surface area contributed by atoms with Crippen LogP contribution in [0.15, 0.2) is 82.6 Å². The number of carboxylic acids is 2. The fourth-order valence-corrected chi connectivity index (χ4v) is 10.9. The van der Waals surface area contributed by atoms with Crippen molar-refractivity contribution in [1.29, 1.82) is 0 Å². The van der Waals surface area contributed by atoms with Gasteiger partial charge in [-0.2, -0.15) is 4.37 Å². The third-order valence-electron chi connectivity index (χ3n) is 9.60. The Morgan fingerprint density at radius 3 is 1.69 bits per heavy atom. The zero-order valence-corrected chi connectivity index (χ0v) is 34.9. The smallest absolute Gasteiger partial charge is 0.335 e. The summed E-state index contributed by atoms with van der Waals surface area (Å²) in [6.07, 6.45) is 2.37. The topological polar surface area (TPSA) is 223 Å². The number of aromatic carboxylic acids is 1. The molecule has 3 heterocycles. The minimum Gasteiger partial charge on any atom is -0.495 e. The fraction of sp³-hybridized carbons (Fsp3) is 0.275. The number of aryl methyl sites for hydroxylation is 4. The molecule has 3 N–H and O–H groups in total. The van der Waals surface area contributed by atoms with Crippen molar-refractivity contribution >= 4 is 65.9 Å². The summed E-state index contributed by atoms with van der Waals surface area (Å²) in [5.41, 5.74) is 4.40. The molecule has 0 saturated heterocycles. The Morgan fingerprint density at radius 2 is 1.22 bits per heavy atom. The molecule has 0 fully saturated rings. The maximum Gasteiger partial charge on any atom is 0.335 e. The number of aromatic nitrogens is 2. The van der Waals surface area contributed by atoms with Crippen molar-refractivity contribution in [3.05, 3.63) is 112 Å². The molecule has 310 valence electrons. The van der Waals surface area contributed by atoms with E-state index in [-0.39, 0.29) is 56.3 Å². The Kier molecular flexibility index (Phi) is 12.6. The third-order valence-corrected chi connectivity index (χ3v) is 13.9. The monoisotopic (exact) mass is 863 g/mol. The van der Waals surface area contributed by atoms with E-state index in [1.165, 1.54) is 35.0 Å². The van der Waals surface area contributed by atoms with Gasteiger partial charge < -0.3 is 19.7 Å². The molecule has 16 nitrogen and oxygen atoms in total. The zero-order chi connectivity index (χ0) is 42.6. The van der Waals surface area contributed by atoms with E-state index < -0.39 is 37.9 Å². The number of rotatable bonds is 11. The second-order valence-electron chi connectivity index (χ2n) is 13.7. The first-order valence-electron chi connectivity index (χ1n) is 18.2. The van der Waals surface area contributed by atoms with Gasteiger partial charge >= 0.3 is 11.9 Å². The summed E-state index contributed by atoms with van der Waals surface area (Å²) in [6.45, 7) is 4.19. The maximum absolute atomic E-state index is 13.6. The van der Waals surface area contributed by atoms with Crippen LogP contribution in [0.5, 0.6) is 11.5 Å². The fourth-order valence-electron chi connectivity index (χ4n) is 6.75. The number of carboxylic acid groups (broad SMARTS) is 2. The molecule has 0 atom stereocenters. The number of hydrogen-bond donors (Lipinski definition) is 3. The third kappa shape index (κ3) is 9.16. The summed E-state index contributed by atoms with van der Waals surface area (Å²) in [7, 11) is -4.97. The molecule has 1 amide bonds. The summed E-state index contributed by atoms with van der Waals surface area (Å²) >= 11 is 0.874. The Morgan fingerprint density at radius 1 is 0.729 bits per heavy atom. The quantitative estimate of drug-likeness (QED) is 0.145. The molecule has 0 spiro atoms. The van der Waals surface area contributed by atoms with Crippen LogP contribution in [0, 0.1) is 13.8 Å². The summed E-state index contributed by atoms with van der Waals surface area (Å²) in [4.78, 5) is 39.1. The van der Waals surface area contributed by atoms with E-state index in [4.69, 9.17) is 14.6 Å². The van der Waals surface area contributed by atoms with Crippen LogP contribution in [0.1, 0.15) is 61.6 Å². The molecule has 5 aromatic rings. The van der Waals surface area contributed by atoms with E-state index in [1.807, 2.05) is 6.92 Å². The number of anilines is 3. The molecule has 59 heavy (non-hydrogen) atoms. The van der Waals surface area contributed by atoms with E-state index in [0.717, 1.165) is 33.8 Å². The van der Waals surface area contributed by atoms with Gasteiger partial charge in [0.05, 0.1) is 31.2 Å². The van der Waals surface area contributed by atoms with Crippen LogP contribution in [-0.4, -0.2) is 81.6 Å². The van der Waals surface area contributed by atoms with Gasteiger partial charge in [0, 0.05) is 30.2 Å². The average molecular weight is 864 g/mol. The Labute approximate surface area is 345 Å². The highest BCUT2D eigenvalue weighted by Crippen LogP contribution is 2.38. The van der Waals surface area contributed by atoms with Gasteiger partial charge in [0.2, 0.25) is 5.13 Å². The molecule has 0 unspecified atom stereocenters. The normalized spacial score (nSPS) is 13.6. The number of aliphatic carboxylic acids is 1. The number of ether oxygens (including phenoxy) is 2.